The Kier molecular flexibility index (Phi) is 6.76. The number of likely N-dealkylation sites (tertiary alicyclic amines) is 1. The second-order valence-corrected chi connectivity index (χ2v) is 5.82. The summed E-state index contributed by atoms with van der Waals surface area (Å²) in [5.41, 5.74) is 0. The van der Waals surface area contributed by atoms with Crippen LogP contribution in [-0.2, 0) is 9.53 Å². The van der Waals surface area contributed by atoms with Crippen LogP contribution >= 0.6 is 0 Å². The van der Waals surface area contributed by atoms with Crippen molar-refractivity contribution in [1.82, 2.24) is 15.1 Å². The minimum atomic E-state index is -0.0461. The van der Waals surface area contributed by atoms with Gasteiger partial charge < -0.3 is 15.0 Å². The minimum Gasteiger partial charge on any atom is -0.466 e. The third-order valence-electron chi connectivity index (χ3n) is 4.27. The fourth-order valence-corrected chi connectivity index (χ4v) is 3.02. The molecule has 20 heavy (non-hydrogen) atoms. The van der Waals surface area contributed by atoms with Crippen molar-refractivity contribution in [2.75, 3.05) is 52.4 Å². The molecule has 2 rings (SSSR count). The van der Waals surface area contributed by atoms with Crippen LogP contribution in [0.1, 0.15) is 32.6 Å². The van der Waals surface area contributed by atoms with Crippen LogP contribution in [0.5, 0.6) is 0 Å². The summed E-state index contributed by atoms with van der Waals surface area (Å²) in [5, 5.41) is 3.40. The highest BCUT2D eigenvalue weighted by molar-refractivity contribution is 5.69. The number of esters is 1. The number of piperazine rings is 1. The first-order valence-corrected chi connectivity index (χ1v) is 8.12. The van der Waals surface area contributed by atoms with Gasteiger partial charge in [-0.3, -0.25) is 9.69 Å². The molecule has 0 aliphatic carbocycles. The summed E-state index contributed by atoms with van der Waals surface area (Å²) in [4.78, 5) is 16.3. The van der Waals surface area contributed by atoms with E-state index in [1.165, 1.54) is 39.1 Å². The van der Waals surface area contributed by atoms with Gasteiger partial charge in [-0.25, -0.2) is 0 Å². The van der Waals surface area contributed by atoms with Crippen LogP contribution < -0.4 is 5.32 Å². The Hall–Kier alpha value is -0.650. The Morgan fingerprint density at radius 2 is 1.95 bits per heavy atom. The first-order chi connectivity index (χ1) is 9.79. The lowest BCUT2D eigenvalue weighted by Gasteiger charge is -2.47. The highest BCUT2D eigenvalue weighted by Crippen LogP contribution is 2.16. The second-order valence-electron chi connectivity index (χ2n) is 5.82. The van der Waals surface area contributed by atoms with Gasteiger partial charge in [0.05, 0.1) is 6.61 Å². The molecule has 5 heteroatoms. The average Bonchev–Trinajstić information content (AvgIpc) is 2.42. The molecule has 2 saturated heterocycles. The van der Waals surface area contributed by atoms with Crippen LogP contribution in [0.15, 0.2) is 0 Å². The highest BCUT2D eigenvalue weighted by Gasteiger charge is 2.31. The van der Waals surface area contributed by atoms with Gasteiger partial charge >= 0.3 is 5.97 Å². The number of carbonyl (C=O) groups excluding carboxylic acids is 1. The Morgan fingerprint density at radius 1 is 1.20 bits per heavy atom. The van der Waals surface area contributed by atoms with E-state index in [9.17, 15) is 4.79 Å². The van der Waals surface area contributed by atoms with Gasteiger partial charge in [0.25, 0.3) is 0 Å². The molecule has 5 nitrogen and oxygen atoms in total. The molecule has 0 aromatic rings. The maximum Gasteiger partial charge on any atom is 0.305 e. The molecule has 0 aromatic heterocycles. The van der Waals surface area contributed by atoms with Gasteiger partial charge in [0, 0.05) is 51.7 Å². The van der Waals surface area contributed by atoms with Crippen LogP contribution in [0, 0.1) is 0 Å². The summed E-state index contributed by atoms with van der Waals surface area (Å²) in [6.45, 7) is 10.7. The standard InChI is InChI=1S/C15H29N3O2/c1-2-20-15(19)6-4-3-5-9-17-12-14(13-17)18-10-7-16-8-11-18/h14,16H,2-13H2,1H3. The van der Waals surface area contributed by atoms with Crippen molar-refractivity contribution in [3.05, 3.63) is 0 Å². The smallest absolute Gasteiger partial charge is 0.305 e. The highest BCUT2D eigenvalue weighted by atomic mass is 16.5. The topological polar surface area (TPSA) is 44.8 Å². The van der Waals surface area contributed by atoms with Gasteiger partial charge in [0.15, 0.2) is 0 Å². The number of unbranched alkanes of at least 4 members (excludes halogenated alkanes) is 2. The van der Waals surface area contributed by atoms with Gasteiger partial charge in [-0.05, 0) is 26.3 Å². The summed E-state index contributed by atoms with van der Waals surface area (Å²) in [6.07, 6.45) is 3.88. The Balaban J connectivity index is 1.43. The number of hydrogen-bond donors (Lipinski definition) is 1. The van der Waals surface area contributed by atoms with Crippen molar-refractivity contribution < 1.29 is 9.53 Å². The van der Waals surface area contributed by atoms with Crippen LogP contribution in [0.25, 0.3) is 0 Å². The molecule has 0 radical (unpaired) electrons. The average molecular weight is 283 g/mol. The molecular weight excluding hydrogens is 254 g/mol. The fourth-order valence-electron chi connectivity index (χ4n) is 3.02. The lowest BCUT2D eigenvalue weighted by molar-refractivity contribution is -0.143. The maximum atomic E-state index is 11.2. The first-order valence-electron chi connectivity index (χ1n) is 8.12. The molecule has 0 atom stereocenters. The van der Waals surface area contributed by atoms with Crippen molar-refractivity contribution in [1.29, 1.82) is 0 Å². The molecule has 2 aliphatic rings. The van der Waals surface area contributed by atoms with Crippen molar-refractivity contribution >= 4 is 5.97 Å². The molecule has 0 spiro atoms. The van der Waals surface area contributed by atoms with E-state index < -0.39 is 0 Å². The van der Waals surface area contributed by atoms with E-state index in [-0.39, 0.29) is 5.97 Å². The Morgan fingerprint density at radius 3 is 2.65 bits per heavy atom. The zero-order valence-corrected chi connectivity index (χ0v) is 12.8. The molecule has 0 aromatic carbocycles. The summed E-state index contributed by atoms with van der Waals surface area (Å²) in [6, 6.07) is 0.789. The SMILES string of the molecule is CCOC(=O)CCCCCN1CC(N2CCNCC2)C1. The van der Waals surface area contributed by atoms with Gasteiger partial charge in [0.1, 0.15) is 0 Å². The molecule has 2 aliphatic heterocycles. The van der Waals surface area contributed by atoms with Crippen LogP contribution in [0.4, 0.5) is 0 Å². The predicted octanol–water partition coefficient (Wildman–Crippen LogP) is 0.699. The quantitative estimate of drug-likeness (QED) is 0.525. The Bertz CT molecular complexity index is 287. The number of nitrogens with zero attached hydrogens (tertiary/aromatic N) is 2. The summed E-state index contributed by atoms with van der Waals surface area (Å²) in [5.74, 6) is -0.0461. The van der Waals surface area contributed by atoms with E-state index in [4.69, 9.17) is 4.74 Å². The van der Waals surface area contributed by atoms with Gasteiger partial charge in [0.2, 0.25) is 0 Å². The molecule has 2 heterocycles. The zero-order chi connectivity index (χ0) is 14.2. The van der Waals surface area contributed by atoms with E-state index >= 15 is 0 Å². The normalized spacial score (nSPS) is 21.6. The molecule has 116 valence electrons. The van der Waals surface area contributed by atoms with Crippen LogP contribution in [0.3, 0.4) is 0 Å². The predicted molar refractivity (Wildman–Crippen MR) is 79.8 cm³/mol. The summed E-state index contributed by atoms with van der Waals surface area (Å²) >= 11 is 0. The number of rotatable bonds is 8. The third-order valence-corrected chi connectivity index (χ3v) is 4.27. The van der Waals surface area contributed by atoms with Gasteiger partial charge in [-0.15, -0.1) is 0 Å². The molecule has 1 N–H and O–H groups in total. The Labute approximate surface area is 122 Å². The number of nitrogens with one attached hydrogen (secondary N) is 1. The van der Waals surface area contributed by atoms with E-state index in [1.54, 1.807) is 0 Å². The van der Waals surface area contributed by atoms with E-state index in [2.05, 4.69) is 15.1 Å². The van der Waals surface area contributed by atoms with E-state index in [1.807, 2.05) is 6.92 Å². The van der Waals surface area contributed by atoms with Crippen molar-refractivity contribution in [2.45, 2.75) is 38.6 Å². The maximum absolute atomic E-state index is 11.2. The first kappa shape index (κ1) is 15.7. The molecule has 0 unspecified atom stereocenters. The number of hydrogen-bond acceptors (Lipinski definition) is 5. The number of carbonyl (C=O) groups is 1. The van der Waals surface area contributed by atoms with Crippen molar-refractivity contribution in [2.24, 2.45) is 0 Å². The van der Waals surface area contributed by atoms with Crippen molar-refractivity contribution in [3.63, 3.8) is 0 Å². The van der Waals surface area contributed by atoms with E-state index in [0.29, 0.717) is 13.0 Å². The monoisotopic (exact) mass is 283 g/mol. The zero-order valence-electron chi connectivity index (χ0n) is 12.8. The largest absolute Gasteiger partial charge is 0.466 e. The van der Waals surface area contributed by atoms with E-state index in [0.717, 1.165) is 32.0 Å². The number of ether oxygens (including phenoxy) is 1. The lowest BCUT2D eigenvalue weighted by atomic mass is 10.1. The molecule has 0 saturated carbocycles. The van der Waals surface area contributed by atoms with Crippen molar-refractivity contribution in [3.8, 4) is 0 Å². The fraction of sp³-hybridized carbons (Fsp3) is 0.933. The molecule has 2 fully saturated rings. The summed E-state index contributed by atoms with van der Waals surface area (Å²) in [7, 11) is 0. The molecule has 0 amide bonds. The minimum absolute atomic E-state index is 0.0461. The van der Waals surface area contributed by atoms with Crippen LogP contribution in [0.2, 0.25) is 0 Å². The van der Waals surface area contributed by atoms with Gasteiger partial charge in [-0.2, -0.15) is 0 Å². The van der Waals surface area contributed by atoms with Crippen LogP contribution in [-0.4, -0.2) is 74.2 Å². The molecular formula is C15H29N3O2. The van der Waals surface area contributed by atoms with Gasteiger partial charge in [-0.1, -0.05) is 6.42 Å². The second kappa shape index (κ2) is 8.60. The molecule has 0 bridgehead atoms. The lowest BCUT2D eigenvalue weighted by Crippen LogP contribution is -2.62. The summed E-state index contributed by atoms with van der Waals surface area (Å²) < 4.78 is 4.92. The third kappa shape index (κ3) is 5.04.